The van der Waals surface area contributed by atoms with E-state index in [-0.39, 0.29) is 11.8 Å². The zero-order valence-corrected chi connectivity index (χ0v) is 15.9. The zero-order chi connectivity index (χ0) is 19.2. The van der Waals surface area contributed by atoms with Crippen molar-refractivity contribution in [3.05, 3.63) is 59.0 Å². The average molecular weight is 370 g/mol. The van der Waals surface area contributed by atoms with Crippen molar-refractivity contribution in [2.45, 2.75) is 26.3 Å². The van der Waals surface area contributed by atoms with E-state index in [2.05, 4.69) is 12.1 Å². The molecule has 2 aromatic rings. The molecule has 27 heavy (non-hydrogen) atoms. The smallest absolute Gasteiger partial charge is 0.257 e. The third kappa shape index (κ3) is 4.57. The number of fused-ring (bicyclic) bond motifs is 1. The van der Waals surface area contributed by atoms with Crippen molar-refractivity contribution in [1.82, 2.24) is 9.80 Å². The highest BCUT2D eigenvalue weighted by molar-refractivity contribution is 5.95. The van der Waals surface area contributed by atoms with Crippen molar-refractivity contribution in [2.24, 2.45) is 0 Å². The first kappa shape index (κ1) is 19.2. The SMILES string of the molecule is COCCN(CCC(=O)N1CCc2ccccc2C1)C(=O)c1ccoc1C. The van der Waals surface area contributed by atoms with E-state index in [0.29, 0.717) is 44.0 Å². The van der Waals surface area contributed by atoms with Crippen molar-refractivity contribution in [2.75, 3.05) is 33.4 Å². The number of methoxy groups -OCH3 is 1. The largest absolute Gasteiger partial charge is 0.469 e. The molecule has 1 aromatic heterocycles. The van der Waals surface area contributed by atoms with Crippen LogP contribution in [0.2, 0.25) is 0 Å². The first-order chi connectivity index (χ1) is 13.1. The summed E-state index contributed by atoms with van der Waals surface area (Å²) in [5.41, 5.74) is 3.05. The lowest BCUT2D eigenvalue weighted by Crippen LogP contribution is -2.40. The quantitative estimate of drug-likeness (QED) is 0.752. The predicted molar refractivity (Wildman–Crippen MR) is 101 cm³/mol. The summed E-state index contributed by atoms with van der Waals surface area (Å²) in [5, 5.41) is 0. The molecule has 0 spiro atoms. The molecule has 0 N–H and O–H groups in total. The summed E-state index contributed by atoms with van der Waals surface area (Å²) in [4.78, 5) is 29.0. The molecule has 0 saturated heterocycles. The summed E-state index contributed by atoms with van der Waals surface area (Å²) in [6.45, 7) is 4.36. The minimum atomic E-state index is -0.130. The van der Waals surface area contributed by atoms with E-state index in [1.165, 1.54) is 17.4 Å². The maximum absolute atomic E-state index is 12.8. The van der Waals surface area contributed by atoms with Crippen molar-refractivity contribution < 1.29 is 18.7 Å². The number of rotatable bonds is 7. The molecule has 6 heteroatoms. The van der Waals surface area contributed by atoms with Crippen LogP contribution in [0.1, 0.15) is 33.7 Å². The summed E-state index contributed by atoms with van der Waals surface area (Å²) in [6, 6.07) is 9.90. The van der Waals surface area contributed by atoms with Gasteiger partial charge in [-0.1, -0.05) is 24.3 Å². The summed E-state index contributed by atoms with van der Waals surface area (Å²) < 4.78 is 10.4. The second-order valence-corrected chi connectivity index (χ2v) is 6.76. The molecule has 0 bridgehead atoms. The summed E-state index contributed by atoms with van der Waals surface area (Å²) in [5.74, 6) is 0.528. The third-order valence-electron chi connectivity index (χ3n) is 5.02. The van der Waals surface area contributed by atoms with Crippen molar-refractivity contribution in [1.29, 1.82) is 0 Å². The zero-order valence-electron chi connectivity index (χ0n) is 15.9. The molecule has 0 atom stereocenters. The monoisotopic (exact) mass is 370 g/mol. The van der Waals surface area contributed by atoms with E-state index in [0.717, 1.165) is 13.0 Å². The number of benzene rings is 1. The van der Waals surface area contributed by atoms with Gasteiger partial charge in [0, 0.05) is 39.7 Å². The molecule has 2 amide bonds. The van der Waals surface area contributed by atoms with Gasteiger partial charge < -0.3 is 19.0 Å². The topological polar surface area (TPSA) is 63.0 Å². The van der Waals surface area contributed by atoms with E-state index < -0.39 is 0 Å². The van der Waals surface area contributed by atoms with Crippen LogP contribution >= 0.6 is 0 Å². The second kappa shape index (κ2) is 8.86. The van der Waals surface area contributed by atoms with Crippen LogP contribution in [0.4, 0.5) is 0 Å². The van der Waals surface area contributed by atoms with E-state index >= 15 is 0 Å². The first-order valence-corrected chi connectivity index (χ1v) is 9.27. The van der Waals surface area contributed by atoms with Gasteiger partial charge in [-0.05, 0) is 30.5 Å². The fourth-order valence-electron chi connectivity index (χ4n) is 3.39. The molecule has 0 radical (unpaired) electrons. The lowest BCUT2D eigenvalue weighted by molar-refractivity contribution is -0.132. The molecule has 0 aliphatic carbocycles. The number of ether oxygens (including phenoxy) is 1. The summed E-state index contributed by atoms with van der Waals surface area (Å²) in [6.07, 6.45) is 2.68. The van der Waals surface area contributed by atoms with Crippen LogP contribution in [0.15, 0.2) is 41.0 Å². The Morgan fingerprint density at radius 2 is 1.96 bits per heavy atom. The Morgan fingerprint density at radius 3 is 2.67 bits per heavy atom. The number of amides is 2. The molecule has 0 saturated carbocycles. The Balaban J connectivity index is 1.60. The van der Waals surface area contributed by atoms with Crippen LogP contribution in [0.5, 0.6) is 0 Å². The standard InChI is InChI=1S/C21H26N2O4/c1-16-19(9-13-27-16)21(25)22(12-14-26-2)11-8-20(24)23-10-7-17-5-3-4-6-18(17)15-23/h3-6,9,13H,7-8,10-12,14-15H2,1-2H3. The highest BCUT2D eigenvalue weighted by Gasteiger charge is 2.23. The maximum atomic E-state index is 12.8. The Bertz CT molecular complexity index is 799. The summed E-state index contributed by atoms with van der Waals surface area (Å²) in [7, 11) is 1.60. The van der Waals surface area contributed by atoms with Crippen LogP contribution in [-0.4, -0.2) is 55.0 Å². The number of carbonyl (C=O) groups excluding carboxylic acids is 2. The highest BCUT2D eigenvalue weighted by Crippen LogP contribution is 2.19. The van der Waals surface area contributed by atoms with Gasteiger partial charge in [0.15, 0.2) is 0 Å². The first-order valence-electron chi connectivity index (χ1n) is 9.27. The van der Waals surface area contributed by atoms with Crippen LogP contribution < -0.4 is 0 Å². The highest BCUT2D eigenvalue weighted by atomic mass is 16.5. The lowest BCUT2D eigenvalue weighted by Gasteiger charge is -2.30. The number of nitrogens with zero attached hydrogens (tertiary/aromatic N) is 2. The molecule has 6 nitrogen and oxygen atoms in total. The molecule has 1 aliphatic rings. The maximum Gasteiger partial charge on any atom is 0.257 e. The Kier molecular flexibility index (Phi) is 6.29. The number of hydrogen-bond acceptors (Lipinski definition) is 4. The van der Waals surface area contributed by atoms with Crippen molar-refractivity contribution in [3.63, 3.8) is 0 Å². The van der Waals surface area contributed by atoms with E-state index in [9.17, 15) is 9.59 Å². The van der Waals surface area contributed by atoms with Gasteiger partial charge in [0.2, 0.25) is 5.91 Å². The molecule has 1 aliphatic heterocycles. The predicted octanol–water partition coefficient (Wildman–Crippen LogP) is 2.65. The number of carbonyl (C=O) groups is 2. The number of aryl methyl sites for hydroxylation is 1. The van der Waals surface area contributed by atoms with E-state index in [1.807, 2.05) is 17.0 Å². The molecule has 0 unspecified atom stereocenters. The van der Waals surface area contributed by atoms with Gasteiger partial charge in [-0.2, -0.15) is 0 Å². The van der Waals surface area contributed by atoms with Crippen molar-refractivity contribution >= 4 is 11.8 Å². The van der Waals surface area contributed by atoms with Gasteiger partial charge in [-0.3, -0.25) is 9.59 Å². The van der Waals surface area contributed by atoms with Gasteiger partial charge in [-0.25, -0.2) is 0 Å². The Hall–Kier alpha value is -2.60. The Morgan fingerprint density at radius 1 is 1.19 bits per heavy atom. The van der Waals surface area contributed by atoms with Crippen LogP contribution in [0, 0.1) is 6.92 Å². The summed E-state index contributed by atoms with van der Waals surface area (Å²) >= 11 is 0. The molecular weight excluding hydrogens is 344 g/mol. The van der Waals surface area contributed by atoms with Crippen LogP contribution in [-0.2, 0) is 22.5 Å². The molecule has 1 aromatic carbocycles. The van der Waals surface area contributed by atoms with Gasteiger partial charge in [0.1, 0.15) is 5.76 Å². The molecule has 144 valence electrons. The van der Waals surface area contributed by atoms with Crippen LogP contribution in [0.25, 0.3) is 0 Å². The van der Waals surface area contributed by atoms with Crippen molar-refractivity contribution in [3.8, 4) is 0 Å². The third-order valence-corrected chi connectivity index (χ3v) is 5.02. The van der Waals surface area contributed by atoms with Crippen LogP contribution in [0.3, 0.4) is 0 Å². The van der Waals surface area contributed by atoms with Gasteiger partial charge in [-0.15, -0.1) is 0 Å². The van der Waals surface area contributed by atoms with E-state index in [4.69, 9.17) is 9.15 Å². The molecular formula is C21H26N2O4. The number of hydrogen-bond donors (Lipinski definition) is 0. The molecule has 2 heterocycles. The van der Waals surface area contributed by atoms with Gasteiger partial charge in [0.05, 0.1) is 18.4 Å². The minimum Gasteiger partial charge on any atom is -0.469 e. The molecule has 0 fully saturated rings. The normalized spacial score (nSPS) is 13.3. The minimum absolute atomic E-state index is 0.0728. The van der Waals surface area contributed by atoms with E-state index in [1.54, 1.807) is 25.0 Å². The Labute approximate surface area is 159 Å². The van der Waals surface area contributed by atoms with Gasteiger partial charge >= 0.3 is 0 Å². The van der Waals surface area contributed by atoms with Gasteiger partial charge in [0.25, 0.3) is 5.91 Å². The fourth-order valence-corrected chi connectivity index (χ4v) is 3.39. The lowest BCUT2D eigenvalue weighted by atomic mass is 10.00. The number of furan rings is 1. The average Bonchev–Trinajstić information content (AvgIpc) is 3.13. The second-order valence-electron chi connectivity index (χ2n) is 6.76. The molecule has 3 rings (SSSR count). The fraction of sp³-hybridized carbons (Fsp3) is 0.429.